The van der Waals surface area contributed by atoms with Crippen molar-refractivity contribution in [1.82, 2.24) is 5.32 Å². The fourth-order valence-electron chi connectivity index (χ4n) is 2.62. The van der Waals surface area contributed by atoms with Crippen LogP contribution >= 0.6 is 11.6 Å². The molecule has 0 aliphatic carbocycles. The van der Waals surface area contributed by atoms with Gasteiger partial charge in [0.25, 0.3) is 15.9 Å². The van der Waals surface area contributed by atoms with Gasteiger partial charge in [-0.25, -0.2) is 8.42 Å². The van der Waals surface area contributed by atoms with Crippen molar-refractivity contribution in [2.24, 2.45) is 0 Å². The van der Waals surface area contributed by atoms with Crippen LogP contribution in [0.5, 0.6) is 5.75 Å². The molecule has 156 valence electrons. The number of anilines is 1. The van der Waals surface area contributed by atoms with Crippen molar-refractivity contribution in [1.29, 1.82) is 0 Å². The van der Waals surface area contributed by atoms with E-state index in [4.69, 9.17) is 16.3 Å². The molecule has 0 spiro atoms. The van der Waals surface area contributed by atoms with Crippen LogP contribution in [-0.2, 0) is 10.0 Å². The summed E-state index contributed by atoms with van der Waals surface area (Å²) in [6.45, 7) is 2.46. The van der Waals surface area contributed by atoms with Crippen LogP contribution in [0, 0.1) is 6.92 Å². The fraction of sp³-hybridized carbons (Fsp3) is 0.136. The van der Waals surface area contributed by atoms with E-state index in [9.17, 15) is 13.2 Å². The molecule has 0 atom stereocenters. The number of hydrogen-bond donors (Lipinski definition) is 2. The van der Waals surface area contributed by atoms with Crippen molar-refractivity contribution in [3.05, 3.63) is 88.9 Å². The number of sulfonamides is 1. The first-order valence-corrected chi connectivity index (χ1v) is 11.1. The van der Waals surface area contributed by atoms with E-state index in [0.29, 0.717) is 28.6 Å². The van der Waals surface area contributed by atoms with Gasteiger partial charge in [0.2, 0.25) is 0 Å². The highest BCUT2D eigenvalue weighted by Crippen LogP contribution is 2.18. The summed E-state index contributed by atoms with van der Waals surface area (Å²) >= 11 is 5.82. The minimum atomic E-state index is -3.74. The Morgan fingerprint density at radius 3 is 2.40 bits per heavy atom. The predicted octanol–water partition coefficient (Wildman–Crippen LogP) is 4.26. The van der Waals surface area contributed by atoms with Crippen LogP contribution in [0.4, 0.5) is 5.69 Å². The van der Waals surface area contributed by atoms with Crippen LogP contribution < -0.4 is 14.8 Å². The van der Waals surface area contributed by atoms with Gasteiger partial charge in [-0.05, 0) is 61.5 Å². The second-order valence-electron chi connectivity index (χ2n) is 6.56. The molecule has 0 bridgehead atoms. The van der Waals surface area contributed by atoms with Crippen LogP contribution in [-0.4, -0.2) is 27.5 Å². The number of ether oxygens (including phenoxy) is 1. The number of nitrogens with one attached hydrogen (secondary N) is 2. The van der Waals surface area contributed by atoms with E-state index in [2.05, 4.69) is 10.0 Å². The van der Waals surface area contributed by atoms with Gasteiger partial charge in [0.1, 0.15) is 12.4 Å². The Morgan fingerprint density at radius 2 is 1.70 bits per heavy atom. The molecule has 0 saturated heterocycles. The molecule has 0 saturated carbocycles. The molecule has 0 unspecified atom stereocenters. The fourth-order valence-corrected chi connectivity index (χ4v) is 3.80. The molecule has 0 aliphatic rings. The Labute approximate surface area is 180 Å². The molecule has 0 aromatic heterocycles. The molecule has 1 amide bonds. The van der Waals surface area contributed by atoms with Crippen molar-refractivity contribution in [2.45, 2.75) is 11.8 Å². The number of carbonyl (C=O) groups is 1. The van der Waals surface area contributed by atoms with Crippen molar-refractivity contribution in [2.75, 3.05) is 17.9 Å². The van der Waals surface area contributed by atoms with E-state index in [0.717, 1.165) is 5.56 Å². The molecule has 0 fully saturated rings. The third kappa shape index (κ3) is 5.98. The van der Waals surface area contributed by atoms with Gasteiger partial charge in [-0.2, -0.15) is 0 Å². The van der Waals surface area contributed by atoms with Gasteiger partial charge in [-0.15, -0.1) is 0 Å². The van der Waals surface area contributed by atoms with Crippen LogP contribution in [0.2, 0.25) is 5.02 Å². The number of halogens is 1. The Kier molecular flexibility index (Phi) is 6.97. The van der Waals surface area contributed by atoms with E-state index >= 15 is 0 Å². The average molecular weight is 445 g/mol. The summed E-state index contributed by atoms with van der Waals surface area (Å²) in [6.07, 6.45) is 0. The molecule has 8 heteroatoms. The zero-order valence-electron chi connectivity index (χ0n) is 16.3. The first-order valence-electron chi connectivity index (χ1n) is 9.20. The van der Waals surface area contributed by atoms with Gasteiger partial charge in [-0.1, -0.05) is 35.4 Å². The Bertz CT molecular complexity index is 1110. The minimum Gasteiger partial charge on any atom is -0.492 e. The highest BCUT2D eigenvalue weighted by molar-refractivity contribution is 7.92. The van der Waals surface area contributed by atoms with Gasteiger partial charge in [0, 0.05) is 16.3 Å². The zero-order valence-corrected chi connectivity index (χ0v) is 17.8. The Balaban J connectivity index is 1.56. The number of hydrogen-bond acceptors (Lipinski definition) is 4. The van der Waals surface area contributed by atoms with Gasteiger partial charge in [0.05, 0.1) is 11.4 Å². The van der Waals surface area contributed by atoms with Crippen molar-refractivity contribution in [3.63, 3.8) is 0 Å². The van der Waals surface area contributed by atoms with Crippen molar-refractivity contribution in [3.8, 4) is 5.75 Å². The SMILES string of the molecule is Cc1ccc(S(=O)(=O)Nc2cccc(C(=O)NCCOc3ccc(Cl)cc3)c2)cc1. The lowest BCUT2D eigenvalue weighted by Crippen LogP contribution is -2.28. The first-order chi connectivity index (χ1) is 14.3. The monoisotopic (exact) mass is 444 g/mol. The maximum absolute atomic E-state index is 12.5. The molecule has 3 rings (SSSR count). The second kappa shape index (κ2) is 9.65. The molecular weight excluding hydrogens is 424 g/mol. The normalized spacial score (nSPS) is 11.0. The first kappa shape index (κ1) is 21.7. The largest absolute Gasteiger partial charge is 0.492 e. The smallest absolute Gasteiger partial charge is 0.261 e. The second-order valence-corrected chi connectivity index (χ2v) is 8.68. The highest BCUT2D eigenvalue weighted by Gasteiger charge is 2.15. The molecule has 3 aromatic rings. The maximum atomic E-state index is 12.5. The third-order valence-electron chi connectivity index (χ3n) is 4.18. The molecule has 6 nitrogen and oxygen atoms in total. The molecule has 0 heterocycles. The van der Waals surface area contributed by atoms with Crippen LogP contribution in [0.1, 0.15) is 15.9 Å². The van der Waals surface area contributed by atoms with E-state index in [-0.39, 0.29) is 17.4 Å². The lowest BCUT2D eigenvalue weighted by Gasteiger charge is -2.11. The van der Waals surface area contributed by atoms with E-state index < -0.39 is 10.0 Å². The Hall–Kier alpha value is -3.03. The Morgan fingerprint density at radius 1 is 1.00 bits per heavy atom. The van der Waals surface area contributed by atoms with Crippen molar-refractivity contribution < 1.29 is 17.9 Å². The lowest BCUT2D eigenvalue weighted by atomic mass is 10.2. The summed E-state index contributed by atoms with van der Waals surface area (Å²) in [7, 11) is -3.74. The van der Waals surface area contributed by atoms with Crippen LogP contribution in [0.15, 0.2) is 77.7 Å². The maximum Gasteiger partial charge on any atom is 0.261 e. The third-order valence-corrected chi connectivity index (χ3v) is 5.83. The molecule has 0 aliphatic heterocycles. The summed E-state index contributed by atoms with van der Waals surface area (Å²) in [4.78, 5) is 12.5. The lowest BCUT2D eigenvalue weighted by molar-refractivity contribution is 0.0947. The minimum absolute atomic E-state index is 0.155. The zero-order chi connectivity index (χ0) is 21.6. The van der Waals surface area contributed by atoms with Gasteiger partial charge < -0.3 is 10.1 Å². The van der Waals surface area contributed by atoms with Crippen molar-refractivity contribution >= 4 is 33.2 Å². The summed E-state index contributed by atoms with van der Waals surface area (Å²) in [6, 6.07) is 19.8. The summed E-state index contributed by atoms with van der Waals surface area (Å²) < 4.78 is 33.1. The van der Waals surface area contributed by atoms with E-state index in [1.54, 1.807) is 54.6 Å². The molecule has 30 heavy (non-hydrogen) atoms. The van der Waals surface area contributed by atoms with Crippen LogP contribution in [0.3, 0.4) is 0 Å². The van der Waals surface area contributed by atoms with E-state index in [1.807, 2.05) is 6.92 Å². The predicted molar refractivity (Wildman–Crippen MR) is 118 cm³/mol. The quantitative estimate of drug-likeness (QED) is 0.508. The molecule has 0 radical (unpaired) electrons. The number of aryl methyl sites for hydroxylation is 1. The van der Waals surface area contributed by atoms with E-state index in [1.165, 1.54) is 18.2 Å². The van der Waals surface area contributed by atoms with Crippen LogP contribution in [0.25, 0.3) is 0 Å². The number of carbonyl (C=O) groups excluding carboxylic acids is 1. The van der Waals surface area contributed by atoms with Gasteiger partial charge in [-0.3, -0.25) is 9.52 Å². The molecule has 3 aromatic carbocycles. The number of benzene rings is 3. The standard InChI is InChI=1S/C22H21ClN2O4S/c1-16-5-11-21(12-6-16)30(27,28)25-19-4-2-3-17(15-19)22(26)24-13-14-29-20-9-7-18(23)8-10-20/h2-12,15,25H,13-14H2,1H3,(H,24,26). The highest BCUT2D eigenvalue weighted by atomic mass is 35.5. The summed E-state index contributed by atoms with van der Waals surface area (Å²) in [5.41, 5.74) is 1.61. The number of amides is 1. The van der Waals surface area contributed by atoms with Gasteiger partial charge >= 0.3 is 0 Å². The average Bonchev–Trinajstić information content (AvgIpc) is 2.72. The van der Waals surface area contributed by atoms with Gasteiger partial charge in [0.15, 0.2) is 0 Å². The topological polar surface area (TPSA) is 84.5 Å². The molecular formula is C22H21ClN2O4S. The summed E-state index contributed by atoms with van der Waals surface area (Å²) in [5, 5.41) is 3.36. The summed E-state index contributed by atoms with van der Waals surface area (Å²) in [5.74, 6) is 0.326. The number of rotatable bonds is 8. The molecule has 2 N–H and O–H groups in total.